The van der Waals surface area contributed by atoms with Crippen LogP contribution in [0.5, 0.6) is 0 Å². The van der Waals surface area contributed by atoms with E-state index in [9.17, 15) is 0 Å². The van der Waals surface area contributed by atoms with Crippen molar-refractivity contribution in [2.75, 3.05) is 0 Å². The maximum absolute atomic E-state index is 4.93. The van der Waals surface area contributed by atoms with Crippen LogP contribution in [0.4, 0.5) is 0 Å². The first-order valence-electron chi connectivity index (χ1n) is 7.87. The first-order valence-corrected chi connectivity index (χ1v) is 9.28. The molecule has 2 aromatic carbocycles. The average Bonchev–Trinajstić information content (AvgIpc) is 2.48. The molecular weight excluding hydrogens is 338 g/mol. The van der Waals surface area contributed by atoms with Crippen LogP contribution >= 0.6 is 7.92 Å². The third kappa shape index (κ3) is 8.50. The van der Waals surface area contributed by atoms with Gasteiger partial charge in [0.1, 0.15) is 0 Å². The van der Waals surface area contributed by atoms with Gasteiger partial charge in [0, 0.05) is 17.4 Å². The molecule has 0 bridgehead atoms. The fourth-order valence-electron chi connectivity index (χ4n) is 2.30. The van der Waals surface area contributed by atoms with Gasteiger partial charge in [-0.15, -0.1) is 12.1 Å². The summed E-state index contributed by atoms with van der Waals surface area (Å²) in [5.74, 6) is 0.0137. The molecule has 0 saturated heterocycles. The number of nitrogens with zero attached hydrogens (tertiary/aromatic N) is 2. The smallest absolute Gasteiger partial charge is 0 e. The number of hydrogen-bond acceptors (Lipinski definition) is 0. The van der Waals surface area contributed by atoms with Crippen LogP contribution in [0.1, 0.15) is 27.7 Å². The molecule has 3 radical (unpaired) electrons. The Hall–Kier alpha value is -0.678. The van der Waals surface area contributed by atoms with Crippen LogP contribution in [0.25, 0.3) is 10.6 Å². The second kappa shape index (κ2) is 13.5. The van der Waals surface area contributed by atoms with Crippen LogP contribution in [-0.2, 0) is 0 Å². The van der Waals surface area contributed by atoms with Crippen LogP contribution in [0.2, 0.25) is 0 Å². The van der Waals surface area contributed by atoms with Crippen molar-refractivity contribution in [2.24, 2.45) is 0 Å². The van der Waals surface area contributed by atoms with Gasteiger partial charge in [0.2, 0.25) is 0 Å². The van der Waals surface area contributed by atoms with Crippen molar-refractivity contribution in [3.8, 4) is 0 Å². The Labute approximate surface area is 167 Å². The van der Waals surface area contributed by atoms with Gasteiger partial charge in [-0.1, -0.05) is 96.3 Å². The summed E-state index contributed by atoms with van der Waals surface area (Å²) in [6, 6.07) is 21.9. The fourth-order valence-corrected chi connectivity index (χ4v) is 4.92. The molecule has 0 unspecified atom stereocenters. The van der Waals surface area contributed by atoms with Crippen molar-refractivity contribution < 1.29 is 0 Å². The molecule has 0 fully saturated rings. The van der Waals surface area contributed by atoms with E-state index in [1.807, 2.05) is 0 Å². The highest BCUT2D eigenvalue weighted by molar-refractivity contribution is 7.74. The summed E-state index contributed by atoms with van der Waals surface area (Å²) in [5.41, 5.74) is 0. The van der Waals surface area contributed by atoms with Gasteiger partial charge in [-0.2, -0.15) is 0 Å². The second-order valence-corrected chi connectivity index (χ2v) is 8.11. The quantitative estimate of drug-likeness (QED) is 0.351. The molecule has 0 heterocycles. The van der Waals surface area contributed by atoms with Gasteiger partial charge in [0.15, 0.2) is 0 Å². The lowest BCUT2D eigenvalue weighted by Crippen LogP contribution is -2.24. The van der Waals surface area contributed by atoms with Gasteiger partial charge in [-0.05, 0) is 10.6 Å². The third-order valence-corrected chi connectivity index (χ3v) is 5.60. The first-order chi connectivity index (χ1) is 10.6. The second-order valence-electron chi connectivity index (χ2n) is 5.87. The zero-order valence-electron chi connectivity index (χ0n) is 16.4. The van der Waals surface area contributed by atoms with E-state index >= 15 is 0 Å². The molecule has 2 aromatic rings. The third-order valence-electron chi connectivity index (χ3n) is 3.16. The fraction of sp³-hybridized carbons (Fsp3) is 0.333. The molecule has 0 saturated carbocycles. The summed E-state index contributed by atoms with van der Waals surface area (Å²) in [5, 5.41) is 12.5. The largest absolute Gasteiger partial charge is 0.671 e. The van der Waals surface area contributed by atoms with Crippen molar-refractivity contribution in [3.63, 3.8) is 0 Å². The topological polar surface area (TPSA) is 28.2 Å². The molecule has 137 valence electrons. The van der Waals surface area contributed by atoms with E-state index < -0.39 is 7.92 Å². The summed E-state index contributed by atoms with van der Waals surface area (Å²) >= 11 is 0. The van der Waals surface area contributed by atoms with Crippen LogP contribution in [0.15, 0.2) is 60.7 Å². The highest BCUT2D eigenvalue weighted by atomic mass is 31.1. The SMILES string of the molecule is CC(C)[N-]C([N-]C(C)C)P(c1ccccc1)c1ccccc1.[Al].[CH3-].[CH3-]. The minimum absolute atomic E-state index is 0. The molecule has 0 aliphatic heterocycles. The molecule has 25 heavy (non-hydrogen) atoms. The minimum Gasteiger partial charge on any atom is -0.671 e. The van der Waals surface area contributed by atoms with E-state index in [-0.39, 0.29) is 50.2 Å². The Balaban J connectivity index is 0. The molecule has 0 N–H and O–H groups in total. The maximum Gasteiger partial charge on any atom is 0 e. The van der Waals surface area contributed by atoms with Crippen molar-refractivity contribution in [1.82, 2.24) is 0 Å². The van der Waals surface area contributed by atoms with E-state index in [1.54, 1.807) is 0 Å². The Morgan fingerprint density at radius 2 is 0.960 bits per heavy atom. The summed E-state index contributed by atoms with van der Waals surface area (Å²) < 4.78 is 0. The van der Waals surface area contributed by atoms with Crippen LogP contribution < -0.4 is 10.6 Å². The molecule has 0 aliphatic carbocycles. The molecule has 0 atom stereocenters. The van der Waals surface area contributed by atoms with Crippen LogP contribution in [-0.4, -0.2) is 35.4 Å². The van der Waals surface area contributed by atoms with Crippen molar-refractivity contribution in [2.45, 2.75) is 45.7 Å². The van der Waals surface area contributed by atoms with Crippen molar-refractivity contribution in [1.29, 1.82) is 0 Å². The normalized spacial score (nSPS) is 10.4. The van der Waals surface area contributed by atoms with E-state index in [1.165, 1.54) is 10.6 Å². The van der Waals surface area contributed by atoms with Crippen molar-refractivity contribution >= 4 is 35.9 Å². The summed E-state index contributed by atoms with van der Waals surface area (Å²) in [6.45, 7) is 8.53. The lowest BCUT2D eigenvalue weighted by molar-refractivity contribution is 0.820. The summed E-state index contributed by atoms with van der Waals surface area (Å²) in [6.07, 6.45) is 0. The molecule has 2 nitrogen and oxygen atoms in total. The average molecular weight is 369 g/mol. The molecule has 4 heteroatoms. The molecule has 0 amide bonds. The number of hydrogen-bond donors (Lipinski definition) is 0. The Kier molecular flexibility index (Phi) is 14.4. The highest BCUT2D eigenvalue weighted by Gasteiger charge is 2.13. The Morgan fingerprint density at radius 1 is 0.640 bits per heavy atom. The summed E-state index contributed by atoms with van der Waals surface area (Å²) in [7, 11) is -0.613. The lowest BCUT2D eigenvalue weighted by Gasteiger charge is -2.54. The van der Waals surface area contributed by atoms with Gasteiger partial charge in [-0.25, -0.2) is 5.91 Å². The Morgan fingerprint density at radius 3 is 1.24 bits per heavy atom. The molecule has 0 aliphatic rings. The van der Waals surface area contributed by atoms with E-state index in [0.29, 0.717) is 0 Å². The molecule has 2 rings (SSSR count). The van der Waals surface area contributed by atoms with Crippen LogP contribution in [0.3, 0.4) is 0 Å². The van der Waals surface area contributed by atoms with Gasteiger partial charge in [-0.3, -0.25) is 0 Å². The predicted octanol–water partition coefficient (Wildman–Crippen LogP) is 5.49. The zero-order valence-corrected chi connectivity index (χ0v) is 18.5. The van der Waals surface area contributed by atoms with Gasteiger partial charge >= 0.3 is 0 Å². The number of benzene rings is 2. The molecule has 0 spiro atoms. The summed E-state index contributed by atoms with van der Waals surface area (Å²) in [4.78, 5) is 0. The first kappa shape index (κ1) is 26.6. The highest BCUT2D eigenvalue weighted by Crippen LogP contribution is 2.46. The zero-order chi connectivity index (χ0) is 15.9. The number of rotatable bonds is 7. The van der Waals surface area contributed by atoms with Gasteiger partial charge in [0.25, 0.3) is 0 Å². The standard InChI is InChI=1S/C19H25N2P.2CH3.Al/c1-15(2)20-19(21-16(3)4)22(17-11-7-5-8-12-17)18-13-9-6-10-14-18;;;/h5-16,19H,1-4H3;2*1H3;/q-2;2*-1;. The maximum atomic E-state index is 4.93. The predicted molar refractivity (Wildman–Crippen MR) is 118 cm³/mol. The van der Waals surface area contributed by atoms with E-state index in [0.717, 1.165) is 0 Å². The lowest BCUT2D eigenvalue weighted by atomic mass is 10.4. The van der Waals surface area contributed by atoms with Gasteiger partial charge < -0.3 is 25.5 Å². The minimum atomic E-state index is -0.613. The van der Waals surface area contributed by atoms with Crippen LogP contribution in [0, 0.1) is 14.9 Å². The Bertz CT molecular complexity index is 497. The van der Waals surface area contributed by atoms with Crippen molar-refractivity contribution in [3.05, 3.63) is 86.2 Å². The van der Waals surface area contributed by atoms with E-state index in [4.69, 9.17) is 10.6 Å². The monoisotopic (exact) mass is 369 g/mol. The van der Waals surface area contributed by atoms with Gasteiger partial charge in [0.05, 0.1) is 0 Å². The van der Waals surface area contributed by atoms with E-state index in [2.05, 4.69) is 88.4 Å². The molecular formula is C21H31AlN2P-4. The molecule has 0 aromatic heterocycles.